The number of aryl methyl sites for hydroxylation is 3. The lowest BCUT2D eigenvalue weighted by Gasteiger charge is -2.08. The van der Waals surface area contributed by atoms with Crippen molar-refractivity contribution in [1.29, 1.82) is 0 Å². The lowest BCUT2D eigenvalue weighted by Crippen LogP contribution is -1.92. The van der Waals surface area contributed by atoms with Gasteiger partial charge in [0.25, 0.3) is 0 Å². The maximum absolute atomic E-state index is 5.02. The molecular formula is C24H22N2. The molecule has 0 aliphatic carbocycles. The zero-order valence-corrected chi connectivity index (χ0v) is 15.4. The van der Waals surface area contributed by atoms with Crippen molar-refractivity contribution < 1.29 is 0 Å². The van der Waals surface area contributed by atoms with Gasteiger partial charge in [0.1, 0.15) is 5.82 Å². The molecule has 0 fully saturated rings. The topological polar surface area (TPSA) is 28.7 Å². The second kappa shape index (κ2) is 6.64. The van der Waals surface area contributed by atoms with Crippen LogP contribution in [0.1, 0.15) is 16.7 Å². The number of hydrogen-bond acceptors (Lipinski definition) is 1. The summed E-state index contributed by atoms with van der Waals surface area (Å²) in [5.74, 6) is 0.928. The van der Waals surface area contributed by atoms with Gasteiger partial charge in [-0.1, -0.05) is 78.4 Å². The summed E-state index contributed by atoms with van der Waals surface area (Å²) in [6.07, 6.45) is 0. The molecule has 0 aliphatic heterocycles. The molecule has 1 aromatic heterocycles. The van der Waals surface area contributed by atoms with Crippen LogP contribution in [-0.2, 0) is 0 Å². The Bertz CT molecular complexity index is 964. The standard InChI is InChI=1S/C24H22N2/c1-16-14-17(2)21(18(3)15-16)24-25-22(19-10-6-4-7-11-19)23(26-24)20-12-8-5-9-13-20/h4-15H,1-3H3,(H,25,26). The third-order valence-electron chi connectivity index (χ3n) is 4.73. The largest absolute Gasteiger partial charge is 0.337 e. The van der Waals surface area contributed by atoms with E-state index in [-0.39, 0.29) is 0 Å². The van der Waals surface area contributed by atoms with Gasteiger partial charge in [0.15, 0.2) is 0 Å². The highest BCUT2D eigenvalue weighted by Gasteiger charge is 2.17. The first-order valence-electron chi connectivity index (χ1n) is 8.92. The molecule has 0 unspecified atom stereocenters. The number of nitrogens with one attached hydrogen (secondary N) is 1. The minimum Gasteiger partial charge on any atom is -0.337 e. The van der Waals surface area contributed by atoms with Crippen LogP contribution >= 0.6 is 0 Å². The number of imidazole rings is 1. The molecule has 0 bridgehead atoms. The van der Waals surface area contributed by atoms with E-state index in [0.717, 1.165) is 28.3 Å². The Kier molecular flexibility index (Phi) is 4.18. The molecule has 4 rings (SSSR count). The van der Waals surface area contributed by atoms with Crippen LogP contribution in [0.5, 0.6) is 0 Å². The monoisotopic (exact) mass is 338 g/mol. The number of rotatable bonds is 3. The number of aromatic nitrogens is 2. The Morgan fingerprint density at radius 2 is 1.23 bits per heavy atom. The lowest BCUT2D eigenvalue weighted by atomic mass is 9.99. The molecule has 0 saturated heterocycles. The van der Waals surface area contributed by atoms with Crippen molar-refractivity contribution in [3.05, 3.63) is 89.5 Å². The molecule has 0 aliphatic rings. The van der Waals surface area contributed by atoms with Crippen molar-refractivity contribution >= 4 is 0 Å². The summed E-state index contributed by atoms with van der Waals surface area (Å²) in [7, 11) is 0. The first-order valence-corrected chi connectivity index (χ1v) is 8.92. The summed E-state index contributed by atoms with van der Waals surface area (Å²) in [6, 6.07) is 25.2. The lowest BCUT2D eigenvalue weighted by molar-refractivity contribution is 1.24. The van der Waals surface area contributed by atoms with Gasteiger partial charge >= 0.3 is 0 Å². The minimum absolute atomic E-state index is 0.928. The van der Waals surface area contributed by atoms with Crippen molar-refractivity contribution in [2.75, 3.05) is 0 Å². The highest BCUT2D eigenvalue weighted by Crippen LogP contribution is 2.35. The molecule has 1 N–H and O–H groups in total. The normalized spacial score (nSPS) is 10.9. The van der Waals surface area contributed by atoms with Gasteiger partial charge in [-0.15, -0.1) is 0 Å². The zero-order valence-electron chi connectivity index (χ0n) is 15.4. The van der Waals surface area contributed by atoms with Gasteiger partial charge in [-0.05, 0) is 31.9 Å². The Hall–Kier alpha value is -3.13. The molecule has 2 nitrogen and oxygen atoms in total. The van der Waals surface area contributed by atoms with Crippen molar-refractivity contribution in [2.24, 2.45) is 0 Å². The predicted molar refractivity (Wildman–Crippen MR) is 109 cm³/mol. The summed E-state index contributed by atoms with van der Waals surface area (Å²) in [5.41, 5.74) is 9.28. The molecule has 4 aromatic rings. The van der Waals surface area contributed by atoms with E-state index in [1.54, 1.807) is 0 Å². The molecular weight excluding hydrogens is 316 g/mol. The van der Waals surface area contributed by atoms with E-state index < -0.39 is 0 Å². The molecule has 2 heteroatoms. The number of hydrogen-bond donors (Lipinski definition) is 1. The maximum atomic E-state index is 5.02. The number of H-pyrrole nitrogens is 1. The maximum Gasteiger partial charge on any atom is 0.139 e. The van der Waals surface area contributed by atoms with Gasteiger partial charge in [-0.2, -0.15) is 0 Å². The molecule has 0 saturated carbocycles. The Morgan fingerprint density at radius 1 is 0.692 bits per heavy atom. The molecule has 26 heavy (non-hydrogen) atoms. The molecule has 128 valence electrons. The SMILES string of the molecule is Cc1cc(C)c(-c2nc(-c3ccccc3)c(-c3ccccc3)[nH]2)c(C)c1. The van der Waals surface area contributed by atoms with E-state index in [9.17, 15) is 0 Å². The molecule has 0 amide bonds. The van der Waals surface area contributed by atoms with E-state index in [1.165, 1.54) is 22.3 Å². The highest BCUT2D eigenvalue weighted by molar-refractivity contribution is 5.82. The third kappa shape index (κ3) is 2.95. The van der Waals surface area contributed by atoms with E-state index in [0.29, 0.717) is 0 Å². The van der Waals surface area contributed by atoms with Crippen molar-refractivity contribution in [3.8, 4) is 33.9 Å². The second-order valence-electron chi connectivity index (χ2n) is 6.81. The van der Waals surface area contributed by atoms with E-state index >= 15 is 0 Å². The molecule has 0 spiro atoms. The van der Waals surface area contributed by atoms with Gasteiger partial charge in [0.05, 0.1) is 11.4 Å². The zero-order chi connectivity index (χ0) is 18.1. The van der Waals surface area contributed by atoms with Crippen molar-refractivity contribution in [1.82, 2.24) is 9.97 Å². The number of aromatic amines is 1. The van der Waals surface area contributed by atoms with E-state index in [2.05, 4.69) is 86.4 Å². The first-order chi connectivity index (χ1) is 12.6. The molecule has 1 heterocycles. The number of nitrogens with zero attached hydrogens (tertiary/aromatic N) is 1. The Labute approximate surface area is 154 Å². The quantitative estimate of drug-likeness (QED) is 0.464. The predicted octanol–water partition coefficient (Wildman–Crippen LogP) is 6.34. The van der Waals surface area contributed by atoms with E-state index in [4.69, 9.17) is 4.98 Å². The number of benzene rings is 3. The molecule has 3 aromatic carbocycles. The minimum atomic E-state index is 0.928. The smallest absolute Gasteiger partial charge is 0.139 e. The van der Waals surface area contributed by atoms with Crippen molar-refractivity contribution in [2.45, 2.75) is 20.8 Å². The fraction of sp³-hybridized carbons (Fsp3) is 0.125. The first kappa shape index (κ1) is 16.3. The third-order valence-corrected chi connectivity index (χ3v) is 4.73. The van der Waals surface area contributed by atoms with Crippen LogP contribution in [0.15, 0.2) is 72.8 Å². The van der Waals surface area contributed by atoms with Gasteiger partial charge in [0.2, 0.25) is 0 Å². The second-order valence-corrected chi connectivity index (χ2v) is 6.81. The van der Waals surface area contributed by atoms with Crippen LogP contribution in [0, 0.1) is 20.8 Å². The fourth-order valence-electron chi connectivity index (χ4n) is 3.66. The summed E-state index contributed by atoms with van der Waals surface area (Å²) in [6.45, 7) is 6.45. The van der Waals surface area contributed by atoms with Gasteiger partial charge < -0.3 is 4.98 Å². The van der Waals surface area contributed by atoms with Crippen LogP contribution < -0.4 is 0 Å². The van der Waals surface area contributed by atoms with Crippen molar-refractivity contribution in [3.63, 3.8) is 0 Å². The van der Waals surface area contributed by atoms with Gasteiger partial charge in [-0.25, -0.2) is 4.98 Å². The van der Waals surface area contributed by atoms with Crippen LogP contribution in [0.2, 0.25) is 0 Å². The molecule has 0 atom stereocenters. The highest BCUT2D eigenvalue weighted by atomic mass is 14.9. The van der Waals surface area contributed by atoms with Crippen LogP contribution in [0.3, 0.4) is 0 Å². The average Bonchev–Trinajstić information content (AvgIpc) is 3.07. The van der Waals surface area contributed by atoms with Gasteiger partial charge in [-0.3, -0.25) is 0 Å². The van der Waals surface area contributed by atoms with Gasteiger partial charge in [0, 0.05) is 16.7 Å². The Morgan fingerprint density at radius 3 is 1.81 bits per heavy atom. The van der Waals surface area contributed by atoms with E-state index in [1.807, 2.05) is 12.1 Å². The van der Waals surface area contributed by atoms with Crippen LogP contribution in [-0.4, -0.2) is 9.97 Å². The Balaban J connectivity index is 1.96. The average molecular weight is 338 g/mol. The van der Waals surface area contributed by atoms with Crippen LogP contribution in [0.4, 0.5) is 0 Å². The van der Waals surface area contributed by atoms with Crippen LogP contribution in [0.25, 0.3) is 33.9 Å². The summed E-state index contributed by atoms with van der Waals surface area (Å²) in [5, 5.41) is 0. The summed E-state index contributed by atoms with van der Waals surface area (Å²) < 4.78 is 0. The molecule has 0 radical (unpaired) electrons. The fourth-order valence-corrected chi connectivity index (χ4v) is 3.66. The summed E-state index contributed by atoms with van der Waals surface area (Å²) in [4.78, 5) is 8.63. The summed E-state index contributed by atoms with van der Waals surface area (Å²) >= 11 is 0.